The van der Waals surface area contributed by atoms with E-state index in [9.17, 15) is 19.8 Å². The molecule has 0 saturated heterocycles. The van der Waals surface area contributed by atoms with Crippen LogP contribution in [0.15, 0.2) is 36.5 Å². The first kappa shape index (κ1) is 97.1. The molecular formula is C93H179NO5. The summed E-state index contributed by atoms with van der Waals surface area (Å²) in [5.74, 6) is -0.0348. The van der Waals surface area contributed by atoms with Crippen molar-refractivity contribution < 1.29 is 24.5 Å². The van der Waals surface area contributed by atoms with Crippen LogP contribution in [0.4, 0.5) is 0 Å². The number of rotatable bonds is 87. The smallest absolute Gasteiger partial charge is 0.305 e. The van der Waals surface area contributed by atoms with Crippen LogP contribution in [0.1, 0.15) is 521 Å². The molecule has 99 heavy (non-hydrogen) atoms. The lowest BCUT2D eigenvalue weighted by Crippen LogP contribution is -2.45. The van der Waals surface area contributed by atoms with Gasteiger partial charge >= 0.3 is 5.97 Å². The van der Waals surface area contributed by atoms with Crippen LogP contribution in [0, 0.1) is 0 Å². The molecule has 6 heteroatoms. The van der Waals surface area contributed by atoms with Gasteiger partial charge < -0.3 is 20.3 Å². The molecule has 6 nitrogen and oxygen atoms in total. The molecule has 0 heterocycles. The van der Waals surface area contributed by atoms with Crippen molar-refractivity contribution in [2.45, 2.75) is 533 Å². The van der Waals surface area contributed by atoms with Crippen LogP contribution >= 0.6 is 0 Å². The van der Waals surface area contributed by atoms with Crippen LogP contribution in [-0.4, -0.2) is 47.4 Å². The minimum atomic E-state index is -0.843. The highest BCUT2D eigenvalue weighted by molar-refractivity contribution is 5.76. The van der Waals surface area contributed by atoms with Gasteiger partial charge in [0, 0.05) is 12.8 Å². The zero-order chi connectivity index (χ0) is 71.2. The van der Waals surface area contributed by atoms with Gasteiger partial charge in [0.05, 0.1) is 25.4 Å². The number of aliphatic hydroxyl groups is 2. The summed E-state index contributed by atoms with van der Waals surface area (Å²) in [5, 5.41) is 23.3. The lowest BCUT2D eigenvalue weighted by molar-refractivity contribution is -0.143. The summed E-state index contributed by atoms with van der Waals surface area (Å²) < 4.78 is 5.52. The normalized spacial score (nSPS) is 12.6. The molecule has 0 aromatic heterocycles. The van der Waals surface area contributed by atoms with Crippen molar-refractivity contribution in [1.82, 2.24) is 5.32 Å². The van der Waals surface area contributed by atoms with Gasteiger partial charge in [0.2, 0.25) is 5.91 Å². The maximum Gasteiger partial charge on any atom is 0.305 e. The predicted octanol–water partition coefficient (Wildman–Crippen LogP) is 30.9. The fourth-order valence-corrected chi connectivity index (χ4v) is 14.7. The Labute approximate surface area is 621 Å². The van der Waals surface area contributed by atoms with Crippen LogP contribution in [0.3, 0.4) is 0 Å². The first-order valence-electron chi connectivity index (χ1n) is 45.8. The number of allylic oxidation sites excluding steroid dienone is 5. The molecule has 3 N–H and O–H groups in total. The van der Waals surface area contributed by atoms with Gasteiger partial charge in [-0.05, 0) is 83.5 Å². The second-order valence-electron chi connectivity index (χ2n) is 31.6. The number of carbonyl (C=O) groups is 2. The van der Waals surface area contributed by atoms with Gasteiger partial charge in [0.25, 0.3) is 0 Å². The number of carbonyl (C=O) groups excluding carboxylic acids is 2. The fraction of sp³-hybridized carbons (Fsp3) is 0.914. The van der Waals surface area contributed by atoms with E-state index in [1.807, 2.05) is 6.08 Å². The van der Waals surface area contributed by atoms with E-state index in [1.54, 1.807) is 6.08 Å². The third-order valence-corrected chi connectivity index (χ3v) is 21.6. The Kier molecular flexibility index (Phi) is 86.8. The largest absolute Gasteiger partial charge is 0.466 e. The second-order valence-corrected chi connectivity index (χ2v) is 31.6. The maximum absolute atomic E-state index is 12.6. The molecule has 0 fully saturated rings. The number of nitrogens with one attached hydrogen (secondary N) is 1. The van der Waals surface area contributed by atoms with E-state index in [0.717, 1.165) is 38.5 Å². The molecule has 0 aliphatic heterocycles. The van der Waals surface area contributed by atoms with Gasteiger partial charge in [-0.1, -0.05) is 461 Å². The molecule has 0 aromatic carbocycles. The van der Waals surface area contributed by atoms with Gasteiger partial charge in [-0.2, -0.15) is 0 Å². The topological polar surface area (TPSA) is 95.9 Å². The van der Waals surface area contributed by atoms with Crippen molar-refractivity contribution in [3.05, 3.63) is 36.5 Å². The van der Waals surface area contributed by atoms with Gasteiger partial charge in [-0.25, -0.2) is 0 Å². The van der Waals surface area contributed by atoms with E-state index >= 15 is 0 Å². The Morgan fingerprint density at radius 2 is 0.475 bits per heavy atom. The minimum Gasteiger partial charge on any atom is -0.466 e. The summed E-state index contributed by atoms with van der Waals surface area (Å²) in [6, 6.07) is -0.626. The van der Waals surface area contributed by atoms with Gasteiger partial charge in [-0.15, -0.1) is 0 Å². The maximum atomic E-state index is 12.6. The summed E-state index contributed by atoms with van der Waals surface area (Å²) in [7, 11) is 0. The number of amides is 1. The summed E-state index contributed by atoms with van der Waals surface area (Å²) in [6.07, 6.45) is 118. The highest BCUT2D eigenvalue weighted by Crippen LogP contribution is 2.21. The monoisotopic (exact) mass is 1390 g/mol. The standard InChI is InChI=1S/C93H179NO5/c1-3-5-7-9-11-13-15-17-19-21-23-24-25-43-46-50-53-57-61-65-69-73-77-81-85-91(96)90(89-95)94-92(97)86-82-78-74-70-66-62-58-54-51-47-44-41-39-37-35-33-31-29-27-26-28-30-32-34-36-38-40-42-45-48-52-56-60-64-68-72-76-80-84-88-99-93(98)87-83-79-75-71-67-63-59-55-49-22-20-18-16-14-12-10-8-6-4-2/h18,20,26-27,81,85,90-91,95-96H,3-17,19,21-25,28-80,82-84,86-89H2,1-2H3,(H,94,97)/b20-18-,27-26-,85-81+. The van der Waals surface area contributed by atoms with Crippen LogP contribution < -0.4 is 5.32 Å². The van der Waals surface area contributed by atoms with E-state index in [4.69, 9.17) is 4.74 Å². The summed E-state index contributed by atoms with van der Waals surface area (Å²) in [5.41, 5.74) is 0. The average molecular weight is 1390 g/mol. The molecule has 0 radical (unpaired) electrons. The Balaban J connectivity index is 3.34. The Bertz CT molecular complexity index is 1610. The molecule has 586 valence electrons. The van der Waals surface area contributed by atoms with E-state index in [0.29, 0.717) is 19.4 Å². The molecule has 0 rings (SSSR count). The summed E-state index contributed by atoms with van der Waals surface area (Å²) in [6.45, 7) is 4.96. The van der Waals surface area contributed by atoms with Crippen molar-refractivity contribution in [3.63, 3.8) is 0 Å². The van der Waals surface area contributed by atoms with E-state index in [-0.39, 0.29) is 18.5 Å². The first-order chi connectivity index (χ1) is 49.0. The molecule has 2 unspecified atom stereocenters. The lowest BCUT2D eigenvalue weighted by Gasteiger charge is -2.20. The predicted molar refractivity (Wildman–Crippen MR) is 439 cm³/mol. The molecule has 0 aliphatic carbocycles. The number of esters is 1. The molecular weight excluding hydrogens is 1210 g/mol. The summed E-state index contributed by atoms with van der Waals surface area (Å²) >= 11 is 0. The molecule has 0 aromatic rings. The van der Waals surface area contributed by atoms with Crippen LogP contribution in [0.5, 0.6) is 0 Å². The molecule has 0 spiro atoms. The molecule has 0 saturated carbocycles. The van der Waals surface area contributed by atoms with Crippen LogP contribution in [0.2, 0.25) is 0 Å². The molecule has 0 aliphatic rings. The van der Waals surface area contributed by atoms with Gasteiger partial charge in [0.1, 0.15) is 0 Å². The number of hydrogen-bond acceptors (Lipinski definition) is 5. The van der Waals surface area contributed by atoms with E-state index in [2.05, 4.69) is 43.5 Å². The van der Waals surface area contributed by atoms with Crippen LogP contribution in [-0.2, 0) is 14.3 Å². The number of ether oxygens (including phenoxy) is 1. The quantitative estimate of drug-likeness (QED) is 0.0320. The van der Waals surface area contributed by atoms with Gasteiger partial charge in [0.15, 0.2) is 0 Å². The second kappa shape index (κ2) is 88.5. The average Bonchev–Trinajstić information content (AvgIpc) is 2.01. The van der Waals surface area contributed by atoms with E-state index in [1.165, 1.54) is 456 Å². The Morgan fingerprint density at radius 1 is 0.273 bits per heavy atom. The zero-order valence-electron chi connectivity index (χ0n) is 67.5. The molecule has 0 bridgehead atoms. The molecule has 1 amide bonds. The zero-order valence-corrected chi connectivity index (χ0v) is 67.5. The van der Waals surface area contributed by atoms with Crippen molar-refractivity contribution in [1.29, 1.82) is 0 Å². The van der Waals surface area contributed by atoms with Crippen molar-refractivity contribution in [2.24, 2.45) is 0 Å². The number of aliphatic hydroxyl groups excluding tert-OH is 2. The summed E-state index contributed by atoms with van der Waals surface area (Å²) in [4.78, 5) is 24.7. The van der Waals surface area contributed by atoms with Crippen LogP contribution in [0.25, 0.3) is 0 Å². The van der Waals surface area contributed by atoms with Gasteiger partial charge in [-0.3, -0.25) is 9.59 Å². The van der Waals surface area contributed by atoms with Crippen molar-refractivity contribution in [2.75, 3.05) is 13.2 Å². The van der Waals surface area contributed by atoms with Crippen molar-refractivity contribution >= 4 is 11.9 Å². The third-order valence-electron chi connectivity index (χ3n) is 21.6. The highest BCUT2D eigenvalue weighted by atomic mass is 16.5. The number of unbranched alkanes of at least 4 members (excludes halogenated alkanes) is 72. The third kappa shape index (κ3) is 84.9. The van der Waals surface area contributed by atoms with E-state index < -0.39 is 12.1 Å². The Hall–Kier alpha value is -1.92. The Morgan fingerprint density at radius 3 is 0.717 bits per heavy atom. The minimum absolute atomic E-state index is 0.0230. The first-order valence-corrected chi connectivity index (χ1v) is 45.8. The fourth-order valence-electron chi connectivity index (χ4n) is 14.7. The lowest BCUT2D eigenvalue weighted by atomic mass is 10.0. The SMILES string of the molecule is CCCCCCCC/C=C\CCCCCCCCCCCC(=O)OCCCCCCCCCCCCCCCCCCCC/C=C\CCCCCCCCCCCCCCCCCCCC(=O)NC(CO)C(O)/C=C/CCCCCCCCCCCCCCCCCCCCCCCC. The highest BCUT2D eigenvalue weighted by Gasteiger charge is 2.18. The number of hydrogen-bond donors (Lipinski definition) is 3. The molecule has 2 atom stereocenters. The van der Waals surface area contributed by atoms with Crippen molar-refractivity contribution in [3.8, 4) is 0 Å².